The molecule has 1 amide bonds. The average molecular weight is 555 g/mol. The van der Waals surface area contributed by atoms with E-state index in [1.165, 1.54) is 37.4 Å². The number of methoxy groups -OCH3 is 1. The van der Waals surface area contributed by atoms with E-state index in [0.29, 0.717) is 22.2 Å². The highest BCUT2D eigenvalue weighted by Gasteiger charge is 2.64. The number of nitrogens with one attached hydrogen (secondary N) is 1. The molecule has 0 radical (unpaired) electrons. The number of ether oxygens (including phenoxy) is 1. The van der Waals surface area contributed by atoms with Crippen molar-refractivity contribution in [1.29, 1.82) is 0 Å². The first-order valence-corrected chi connectivity index (χ1v) is 13.6. The molecule has 0 bridgehead atoms. The molecular formula is C29H25F3N2O4S. The van der Waals surface area contributed by atoms with Gasteiger partial charge in [0, 0.05) is 22.6 Å². The van der Waals surface area contributed by atoms with Crippen LogP contribution in [-0.2, 0) is 26.4 Å². The Morgan fingerprint density at radius 1 is 1.03 bits per heavy atom. The lowest BCUT2D eigenvalue weighted by Crippen LogP contribution is -2.40. The van der Waals surface area contributed by atoms with Gasteiger partial charge in [-0.2, -0.15) is 13.2 Å². The van der Waals surface area contributed by atoms with Crippen LogP contribution in [0.5, 0.6) is 5.75 Å². The molecular weight excluding hydrogens is 529 g/mol. The number of rotatable bonds is 6. The maximum atomic E-state index is 14.0. The molecule has 6 nitrogen and oxygen atoms in total. The quantitative estimate of drug-likeness (QED) is 0.325. The van der Waals surface area contributed by atoms with Gasteiger partial charge in [-0.3, -0.25) is 9.78 Å². The van der Waals surface area contributed by atoms with E-state index in [2.05, 4.69) is 9.71 Å². The van der Waals surface area contributed by atoms with E-state index >= 15 is 0 Å². The lowest BCUT2D eigenvalue weighted by Gasteiger charge is -2.22. The predicted octanol–water partition coefficient (Wildman–Crippen LogP) is 5.81. The third kappa shape index (κ3) is 4.63. The molecule has 202 valence electrons. The molecule has 1 aliphatic carbocycles. The number of aryl methyl sites for hydroxylation is 2. The Labute approximate surface area is 223 Å². The molecule has 10 heteroatoms. The number of fused-ring (bicyclic) bond motifs is 1. The molecule has 1 fully saturated rings. The lowest BCUT2D eigenvalue weighted by molar-refractivity contribution is -0.138. The van der Waals surface area contributed by atoms with Gasteiger partial charge >= 0.3 is 6.18 Å². The van der Waals surface area contributed by atoms with Crippen LogP contribution in [-0.4, -0.2) is 26.4 Å². The number of carbonyl (C=O) groups excluding carboxylic acids is 1. The van der Waals surface area contributed by atoms with Gasteiger partial charge in [0.25, 0.3) is 10.0 Å². The Kier molecular flexibility index (Phi) is 6.41. The number of benzene rings is 3. The van der Waals surface area contributed by atoms with Crippen LogP contribution in [0.1, 0.15) is 40.3 Å². The summed E-state index contributed by atoms with van der Waals surface area (Å²) < 4.78 is 76.6. The number of hydrogen-bond donors (Lipinski definition) is 1. The molecule has 4 aromatic rings. The Morgan fingerprint density at radius 3 is 2.49 bits per heavy atom. The number of alkyl halides is 3. The molecule has 0 saturated heterocycles. The standard InChI is InChI=1S/C29H25F3N2O4S/c1-17-11-14-25(38-3)22(15-17)28(16-23(28)19-7-4-5-8-21(19)29(30,31)32)27(35)34-39(36,37)26-10-6-9-24-20(26)13-12-18(2)33-24/h4-15,23H,16H2,1-3H3,(H,34,35). The van der Waals surface area contributed by atoms with Crippen LogP contribution in [0.2, 0.25) is 0 Å². The van der Waals surface area contributed by atoms with Gasteiger partial charge in [-0.1, -0.05) is 42.0 Å². The Morgan fingerprint density at radius 2 is 1.77 bits per heavy atom. The highest BCUT2D eigenvalue weighted by atomic mass is 32.2. The summed E-state index contributed by atoms with van der Waals surface area (Å²) >= 11 is 0. The molecule has 2 atom stereocenters. The van der Waals surface area contributed by atoms with Gasteiger partial charge in [0.2, 0.25) is 5.91 Å². The number of aromatic nitrogens is 1. The first-order valence-electron chi connectivity index (χ1n) is 12.1. The summed E-state index contributed by atoms with van der Waals surface area (Å²) in [5, 5.41) is 0.320. The maximum absolute atomic E-state index is 14.0. The Hall–Kier alpha value is -3.92. The molecule has 1 N–H and O–H groups in total. The van der Waals surface area contributed by atoms with E-state index in [4.69, 9.17) is 4.74 Å². The van der Waals surface area contributed by atoms with Crippen molar-refractivity contribution >= 4 is 26.8 Å². The van der Waals surface area contributed by atoms with Crippen LogP contribution < -0.4 is 9.46 Å². The van der Waals surface area contributed by atoms with E-state index in [-0.39, 0.29) is 22.6 Å². The maximum Gasteiger partial charge on any atom is 0.416 e. The fraction of sp³-hybridized carbons (Fsp3) is 0.241. The number of halogens is 3. The molecule has 0 aliphatic heterocycles. The third-order valence-electron chi connectivity index (χ3n) is 7.19. The van der Waals surface area contributed by atoms with Gasteiger partial charge in [-0.25, -0.2) is 13.1 Å². The van der Waals surface area contributed by atoms with Gasteiger partial charge in [0.15, 0.2) is 0 Å². The highest BCUT2D eigenvalue weighted by molar-refractivity contribution is 7.90. The number of pyridine rings is 1. The van der Waals surface area contributed by atoms with Crippen molar-refractivity contribution < 1.29 is 31.1 Å². The number of hydrogen-bond acceptors (Lipinski definition) is 5. The van der Waals surface area contributed by atoms with Crippen molar-refractivity contribution in [3.8, 4) is 5.75 Å². The largest absolute Gasteiger partial charge is 0.496 e. The number of carbonyl (C=O) groups is 1. The molecule has 1 aromatic heterocycles. The lowest BCUT2D eigenvalue weighted by atomic mass is 9.87. The topological polar surface area (TPSA) is 85.4 Å². The first kappa shape index (κ1) is 26.7. The summed E-state index contributed by atoms with van der Waals surface area (Å²) in [6, 6.07) is 17.9. The zero-order valence-electron chi connectivity index (χ0n) is 21.3. The van der Waals surface area contributed by atoms with E-state index < -0.39 is 39.0 Å². The van der Waals surface area contributed by atoms with Crippen molar-refractivity contribution in [2.75, 3.05) is 7.11 Å². The zero-order chi connectivity index (χ0) is 28.2. The second-order valence-electron chi connectivity index (χ2n) is 9.73. The number of nitrogens with zero attached hydrogens (tertiary/aromatic N) is 1. The van der Waals surface area contributed by atoms with Gasteiger partial charge in [0.1, 0.15) is 5.75 Å². The molecule has 1 saturated carbocycles. The number of sulfonamides is 1. The smallest absolute Gasteiger partial charge is 0.416 e. The molecule has 0 spiro atoms. The summed E-state index contributed by atoms with van der Waals surface area (Å²) in [6.07, 6.45) is -4.68. The van der Waals surface area contributed by atoms with E-state index in [1.54, 1.807) is 50.2 Å². The van der Waals surface area contributed by atoms with E-state index in [0.717, 1.165) is 11.6 Å². The SMILES string of the molecule is COc1ccc(C)cc1C1(C(=O)NS(=O)(=O)c2cccc3nc(C)ccc23)CC1c1ccccc1C(F)(F)F. The summed E-state index contributed by atoms with van der Waals surface area (Å²) in [7, 11) is -3.03. The molecule has 3 aromatic carbocycles. The third-order valence-corrected chi connectivity index (χ3v) is 8.58. The minimum Gasteiger partial charge on any atom is -0.496 e. The van der Waals surface area contributed by atoms with Crippen LogP contribution in [0, 0.1) is 13.8 Å². The Balaban J connectivity index is 1.63. The molecule has 1 heterocycles. The monoisotopic (exact) mass is 554 g/mol. The highest BCUT2D eigenvalue weighted by Crippen LogP contribution is 2.64. The van der Waals surface area contributed by atoms with Crippen molar-refractivity contribution in [2.24, 2.45) is 0 Å². The predicted molar refractivity (Wildman–Crippen MR) is 140 cm³/mol. The summed E-state index contributed by atoms with van der Waals surface area (Å²) in [5.41, 5.74) is -0.355. The molecule has 1 aliphatic rings. The fourth-order valence-corrected chi connectivity index (χ4v) is 6.53. The molecule has 5 rings (SSSR count). The summed E-state index contributed by atoms with van der Waals surface area (Å²) in [6.45, 7) is 3.55. The average Bonchev–Trinajstić information content (AvgIpc) is 3.64. The van der Waals surface area contributed by atoms with Crippen LogP contribution in [0.3, 0.4) is 0 Å². The minimum atomic E-state index is -4.65. The van der Waals surface area contributed by atoms with Crippen molar-refractivity contribution in [3.63, 3.8) is 0 Å². The summed E-state index contributed by atoms with van der Waals surface area (Å²) in [4.78, 5) is 18.2. The normalized spacial score (nSPS) is 19.1. The van der Waals surface area contributed by atoms with Gasteiger partial charge in [0.05, 0.1) is 28.5 Å². The minimum absolute atomic E-state index is 0.0302. The van der Waals surface area contributed by atoms with Crippen LogP contribution in [0.4, 0.5) is 13.2 Å². The fourth-order valence-electron chi connectivity index (χ4n) is 5.27. The van der Waals surface area contributed by atoms with E-state index in [1.807, 2.05) is 0 Å². The molecule has 39 heavy (non-hydrogen) atoms. The van der Waals surface area contributed by atoms with E-state index in [9.17, 15) is 26.4 Å². The van der Waals surface area contributed by atoms with Gasteiger partial charge < -0.3 is 4.74 Å². The first-order chi connectivity index (χ1) is 18.4. The Bertz CT molecular complexity index is 1720. The summed E-state index contributed by atoms with van der Waals surface area (Å²) in [5.74, 6) is -1.58. The van der Waals surface area contributed by atoms with Crippen molar-refractivity contribution in [1.82, 2.24) is 9.71 Å². The second kappa shape index (κ2) is 9.37. The zero-order valence-corrected chi connectivity index (χ0v) is 22.2. The van der Waals surface area contributed by atoms with Crippen LogP contribution in [0.15, 0.2) is 77.7 Å². The molecule has 2 unspecified atom stereocenters. The van der Waals surface area contributed by atoms with Crippen LogP contribution in [0.25, 0.3) is 10.9 Å². The number of amides is 1. The van der Waals surface area contributed by atoms with Crippen molar-refractivity contribution in [2.45, 2.75) is 42.7 Å². The second-order valence-corrected chi connectivity index (χ2v) is 11.4. The van der Waals surface area contributed by atoms with Crippen LogP contribution >= 0.6 is 0 Å². The van der Waals surface area contributed by atoms with Crippen molar-refractivity contribution in [3.05, 3.63) is 101 Å². The van der Waals surface area contributed by atoms with Gasteiger partial charge in [-0.05, 0) is 62.2 Å². The van der Waals surface area contributed by atoms with Gasteiger partial charge in [-0.15, -0.1) is 0 Å².